The maximum Gasteiger partial charge on any atom is 0.241 e. The van der Waals surface area contributed by atoms with Crippen LogP contribution in [0.2, 0.25) is 0 Å². The minimum absolute atomic E-state index is 0. The van der Waals surface area contributed by atoms with E-state index in [0.717, 1.165) is 50.3 Å². The minimum Gasteiger partial charge on any atom is -0.497 e. The fourth-order valence-electron chi connectivity index (χ4n) is 3.62. The molecule has 1 amide bonds. The molecule has 0 atom stereocenters. The first-order valence-electron chi connectivity index (χ1n) is 9.65. The first kappa shape index (κ1) is 22.2. The molecule has 0 fully saturated rings. The molecule has 0 saturated carbocycles. The van der Waals surface area contributed by atoms with E-state index in [-0.39, 0.29) is 18.3 Å². The zero-order valence-electron chi connectivity index (χ0n) is 16.5. The summed E-state index contributed by atoms with van der Waals surface area (Å²) in [6.45, 7) is 3.27. The van der Waals surface area contributed by atoms with Gasteiger partial charge in [0, 0.05) is 31.9 Å². The van der Waals surface area contributed by atoms with Crippen LogP contribution in [0.3, 0.4) is 0 Å². The number of rotatable bonds is 8. The molecule has 0 unspecified atom stereocenters. The Bertz CT molecular complexity index is 755. The predicted octanol–water partition coefficient (Wildman–Crippen LogP) is 2.90. The van der Waals surface area contributed by atoms with Gasteiger partial charge in [-0.1, -0.05) is 30.3 Å². The minimum atomic E-state index is 0. The lowest BCUT2D eigenvalue weighted by Gasteiger charge is -2.32. The number of ether oxygens (including phenoxy) is 1. The number of aryl methyl sites for hydroxylation is 1. The summed E-state index contributed by atoms with van der Waals surface area (Å²) in [5, 5.41) is 0. The Labute approximate surface area is 173 Å². The summed E-state index contributed by atoms with van der Waals surface area (Å²) in [7, 11) is 1.67. The first-order chi connectivity index (χ1) is 13.2. The second-order valence-electron chi connectivity index (χ2n) is 6.94. The fraction of sp³-hybridized carbons (Fsp3) is 0.409. The van der Waals surface area contributed by atoms with E-state index in [1.54, 1.807) is 7.11 Å². The van der Waals surface area contributed by atoms with E-state index >= 15 is 0 Å². The largest absolute Gasteiger partial charge is 0.497 e. The van der Waals surface area contributed by atoms with E-state index < -0.39 is 0 Å². The fourth-order valence-corrected chi connectivity index (χ4v) is 3.62. The third-order valence-electron chi connectivity index (χ3n) is 5.07. The second-order valence-corrected chi connectivity index (χ2v) is 6.94. The van der Waals surface area contributed by atoms with Crippen LogP contribution in [0.4, 0.5) is 5.69 Å². The highest BCUT2D eigenvalue weighted by Gasteiger charge is 2.24. The molecule has 0 bridgehead atoms. The topological polar surface area (TPSA) is 58.8 Å². The summed E-state index contributed by atoms with van der Waals surface area (Å²) in [5.74, 6) is 0.985. The molecule has 6 heteroatoms. The van der Waals surface area contributed by atoms with Crippen molar-refractivity contribution in [3.05, 3.63) is 59.7 Å². The second kappa shape index (κ2) is 11.1. The number of methoxy groups -OCH3 is 1. The molecule has 2 N–H and O–H groups in total. The van der Waals surface area contributed by atoms with Crippen molar-refractivity contribution in [1.29, 1.82) is 0 Å². The van der Waals surface area contributed by atoms with Gasteiger partial charge in [-0.2, -0.15) is 0 Å². The number of hydrogen-bond acceptors (Lipinski definition) is 4. The van der Waals surface area contributed by atoms with Crippen molar-refractivity contribution >= 4 is 24.0 Å². The summed E-state index contributed by atoms with van der Waals surface area (Å²) < 4.78 is 5.32. The van der Waals surface area contributed by atoms with Gasteiger partial charge in [0.05, 0.1) is 13.7 Å². The quantitative estimate of drug-likeness (QED) is 0.736. The molecular formula is C22H30ClN3O2. The summed E-state index contributed by atoms with van der Waals surface area (Å²) in [5.41, 5.74) is 9.26. The Morgan fingerprint density at radius 2 is 1.96 bits per heavy atom. The summed E-state index contributed by atoms with van der Waals surface area (Å²) in [6.07, 6.45) is 2.88. The van der Waals surface area contributed by atoms with Crippen LogP contribution < -0.4 is 15.4 Å². The van der Waals surface area contributed by atoms with Crippen molar-refractivity contribution in [2.45, 2.75) is 19.3 Å². The van der Waals surface area contributed by atoms with Crippen molar-refractivity contribution in [2.75, 3.05) is 44.7 Å². The first-order valence-corrected chi connectivity index (χ1v) is 9.65. The van der Waals surface area contributed by atoms with Crippen molar-refractivity contribution in [3.8, 4) is 5.75 Å². The van der Waals surface area contributed by atoms with Crippen LogP contribution in [0.5, 0.6) is 5.75 Å². The van der Waals surface area contributed by atoms with Gasteiger partial charge in [0.2, 0.25) is 5.91 Å². The van der Waals surface area contributed by atoms with Crippen LogP contribution in [-0.4, -0.2) is 50.6 Å². The molecule has 28 heavy (non-hydrogen) atoms. The summed E-state index contributed by atoms with van der Waals surface area (Å²) in [6, 6.07) is 16.3. The van der Waals surface area contributed by atoms with Gasteiger partial charge in [0.1, 0.15) is 5.75 Å². The van der Waals surface area contributed by atoms with E-state index in [1.165, 1.54) is 11.1 Å². The van der Waals surface area contributed by atoms with Crippen LogP contribution in [0, 0.1) is 0 Å². The average molecular weight is 404 g/mol. The standard InChI is InChI=1S/C22H29N3O2.ClH/c1-27-20-9-10-21-19(16-20)8-5-13-25(21)22(26)17-24(15-12-23)14-11-18-6-3-2-4-7-18;/h2-4,6-7,9-10,16H,5,8,11-15,17,23H2,1H3;1H. The number of anilines is 1. The Kier molecular flexibility index (Phi) is 8.77. The van der Waals surface area contributed by atoms with Gasteiger partial charge in [-0.15, -0.1) is 12.4 Å². The summed E-state index contributed by atoms with van der Waals surface area (Å²) >= 11 is 0. The number of hydrogen-bond donors (Lipinski definition) is 1. The SMILES string of the molecule is COc1ccc2c(c1)CCCN2C(=O)CN(CCN)CCc1ccccc1.Cl. The lowest BCUT2D eigenvalue weighted by Crippen LogP contribution is -2.44. The molecule has 0 radical (unpaired) electrons. The molecule has 0 spiro atoms. The van der Waals surface area contributed by atoms with Crippen molar-refractivity contribution in [1.82, 2.24) is 4.90 Å². The molecule has 5 nitrogen and oxygen atoms in total. The number of amides is 1. The van der Waals surface area contributed by atoms with Crippen LogP contribution in [0.15, 0.2) is 48.5 Å². The van der Waals surface area contributed by atoms with E-state index in [0.29, 0.717) is 13.1 Å². The molecule has 0 aromatic heterocycles. The van der Waals surface area contributed by atoms with Crippen LogP contribution in [-0.2, 0) is 17.6 Å². The monoisotopic (exact) mass is 403 g/mol. The Morgan fingerprint density at radius 1 is 1.18 bits per heavy atom. The van der Waals surface area contributed by atoms with Crippen molar-refractivity contribution in [2.24, 2.45) is 5.73 Å². The van der Waals surface area contributed by atoms with Crippen LogP contribution in [0.1, 0.15) is 17.5 Å². The zero-order valence-corrected chi connectivity index (χ0v) is 17.3. The van der Waals surface area contributed by atoms with Gasteiger partial charge in [-0.05, 0) is 48.6 Å². The number of halogens is 1. The lowest BCUT2D eigenvalue weighted by atomic mass is 10.0. The van der Waals surface area contributed by atoms with Gasteiger partial charge in [0.25, 0.3) is 0 Å². The Morgan fingerprint density at radius 3 is 2.68 bits per heavy atom. The van der Waals surface area contributed by atoms with Gasteiger partial charge in [0.15, 0.2) is 0 Å². The number of fused-ring (bicyclic) bond motifs is 1. The van der Waals surface area contributed by atoms with E-state index in [4.69, 9.17) is 10.5 Å². The molecule has 1 aliphatic rings. The van der Waals surface area contributed by atoms with E-state index in [2.05, 4.69) is 17.0 Å². The lowest BCUT2D eigenvalue weighted by molar-refractivity contribution is -0.119. The number of carbonyl (C=O) groups excluding carboxylic acids is 1. The zero-order chi connectivity index (χ0) is 19.1. The normalized spacial score (nSPS) is 13.0. The summed E-state index contributed by atoms with van der Waals surface area (Å²) in [4.78, 5) is 17.1. The molecular weight excluding hydrogens is 374 g/mol. The van der Waals surface area contributed by atoms with Gasteiger partial charge in [-0.25, -0.2) is 0 Å². The molecule has 3 rings (SSSR count). The average Bonchev–Trinajstić information content (AvgIpc) is 2.72. The Balaban J connectivity index is 0.00000280. The molecule has 2 aromatic carbocycles. The van der Waals surface area contributed by atoms with Gasteiger partial charge < -0.3 is 15.4 Å². The van der Waals surface area contributed by atoms with Crippen molar-refractivity contribution < 1.29 is 9.53 Å². The smallest absolute Gasteiger partial charge is 0.241 e. The highest BCUT2D eigenvalue weighted by atomic mass is 35.5. The molecule has 1 aliphatic heterocycles. The van der Waals surface area contributed by atoms with Crippen LogP contribution >= 0.6 is 12.4 Å². The number of carbonyl (C=O) groups is 1. The molecule has 0 saturated heterocycles. The maximum atomic E-state index is 13.0. The predicted molar refractivity (Wildman–Crippen MR) is 117 cm³/mol. The van der Waals surface area contributed by atoms with Crippen LogP contribution in [0.25, 0.3) is 0 Å². The third kappa shape index (κ3) is 5.71. The number of nitrogens with two attached hydrogens (primary N) is 1. The maximum absolute atomic E-state index is 13.0. The molecule has 1 heterocycles. The number of nitrogens with zero attached hydrogens (tertiary/aromatic N) is 2. The highest BCUT2D eigenvalue weighted by molar-refractivity contribution is 5.96. The number of benzene rings is 2. The van der Waals surface area contributed by atoms with Gasteiger partial charge in [-0.3, -0.25) is 9.69 Å². The van der Waals surface area contributed by atoms with E-state index in [9.17, 15) is 4.79 Å². The van der Waals surface area contributed by atoms with E-state index in [1.807, 2.05) is 41.3 Å². The molecule has 2 aromatic rings. The highest BCUT2D eigenvalue weighted by Crippen LogP contribution is 2.30. The molecule has 0 aliphatic carbocycles. The Hall–Kier alpha value is -2.08. The van der Waals surface area contributed by atoms with Gasteiger partial charge >= 0.3 is 0 Å². The third-order valence-corrected chi connectivity index (χ3v) is 5.07. The van der Waals surface area contributed by atoms with Crippen molar-refractivity contribution in [3.63, 3.8) is 0 Å². The molecule has 152 valence electrons.